The fourth-order valence-corrected chi connectivity index (χ4v) is 1.64. The summed E-state index contributed by atoms with van der Waals surface area (Å²) in [6.07, 6.45) is 4.60. The first-order chi connectivity index (χ1) is 6.27. The Balaban J connectivity index is 2.35. The molecule has 1 fully saturated rings. The van der Waals surface area contributed by atoms with Crippen molar-refractivity contribution in [2.24, 2.45) is 0 Å². The topological polar surface area (TPSA) is 62.7 Å². The number of rotatable bonds is 1. The van der Waals surface area contributed by atoms with Crippen molar-refractivity contribution < 1.29 is 0 Å². The normalized spacial score (nSPS) is 18.7. The van der Waals surface area contributed by atoms with E-state index >= 15 is 0 Å². The van der Waals surface area contributed by atoms with Crippen LogP contribution >= 0.6 is 0 Å². The molecule has 0 spiro atoms. The van der Waals surface area contributed by atoms with Gasteiger partial charge in [-0.25, -0.2) is 0 Å². The molecular formula is C10H11N3. The van der Waals surface area contributed by atoms with Gasteiger partial charge in [-0.2, -0.15) is 5.26 Å². The molecule has 1 heterocycles. The number of aromatic nitrogens is 1. The molecule has 0 atom stereocenters. The van der Waals surface area contributed by atoms with Gasteiger partial charge in [-0.05, 0) is 31.4 Å². The molecule has 2 rings (SSSR count). The van der Waals surface area contributed by atoms with Crippen LogP contribution in [0.4, 0.5) is 5.69 Å². The number of nitrogens with two attached hydrogens (primary N) is 1. The predicted octanol–water partition coefficient (Wildman–Crippen LogP) is 1.61. The minimum Gasteiger partial charge on any atom is -0.397 e. The molecule has 2 N–H and O–H groups in total. The molecule has 1 aromatic rings. The third kappa shape index (κ3) is 1.15. The molecule has 0 unspecified atom stereocenters. The van der Waals surface area contributed by atoms with Crippen molar-refractivity contribution in [2.75, 3.05) is 5.73 Å². The number of anilines is 1. The van der Waals surface area contributed by atoms with Crippen LogP contribution in [0, 0.1) is 11.3 Å². The molecule has 0 bridgehead atoms. The minimum atomic E-state index is -0.312. The van der Waals surface area contributed by atoms with Gasteiger partial charge in [-0.1, -0.05) is 0 Å². The van der Waals surface area contributed by atoms with Crippen molar-refractivity contribution in [1.29, 1.82) is 5.26 Å². The first kappa shape index (κ1) is 8.06. The summed E-state index contributed by atoms with van der Waals surface area (Å²) in [5.41, 5.74) is 6.73. The van der Waals surface area contributed by atoms with Gasteiger partial charge < -0.3 is 5.73 Å². The van der Waals surface area contributed by atoms with Crippen molar-refractivity contribution in [3.8, 4) is 6.07 Å². The number of hydrogen-bond donors (Lipinski definition) is 1. The van der Waals surface area contributed by atoms with E-state index in [1.165, 1.54) is 0 Å². The Morgan fingerprint density at radius 3 is 2.62 bits per heavy atom. The summed E-state index contributed by atoms with van der Waals surface area (Å²) in [6, 6.07) is 6.01. The molecule has 0 saturated heterocycles. The van der Waals surface area contributed by atoms with Crippen molar-refractivity contribution in [3.05, 3.63) is 24.0 Å². The number of nitrogen functional groups attached to an aromatic ring is 1. The Morgan fingerprint density at radius 2 is 2.23 bits per heavy atom. The lowest BCUT2D eigenvalue weighted by Crippen LogP contribution is -2.33. The number of nitrogens with zero attached hydrogens (tertiary/aromatic N) is 2. The highest BCUT2D eigenvalue weighted by molar-refractivity contribution is 5.39. The first-order valence-corrected chi connectivity index (χ1v) is 4.40. The summed E-state index contributed by atoms with van der Waals surface area (Å²) in [5, 5.41) is 9.04. The van der Waals surface area contributed by atoms with Crippen LogP contribution in [-0.2, 0) is 5.41 Å². The Labute approximate surface area is 77.2 Å². The lowest BCUT2D eigenvalue weighted by molar-refractivity contribution is 0.316. The molecule has 1 aliphatic carbocycles. The fourth-order valence-electron chi connectivity index (χ4n) is 1.64. The highest BCUT2D eigenvalue weighted by Crippen LogP contribution is 2.42. The molecule has 1 aliphatic rings. The molecular weight excluding hydrogens is 162 g/mol. The fraction of sp³-hybridized carbons (Fsp3) is 0.400. The highest BCUT2D eigenvalue weighted by atomic mass is 14.7. The Kier molecular flexibility index (Phi) is 1.70. The van der Waals surface area contributed by atoms with Crippen LogP contribution < -0.4 is 5.73 Å². The smallest absolute Gasteiger partial charge is 0.0993 e. The summed E-state index contributed by atoms with van der Waals surface area (Å²) in [6.45, 7) is 0. The Hall–Kier alpha value is -1.56. The molecule has 1 saturated carbocycles. The van der Waals surface area contributed by atoms with Gasteiger partial charge in [-0.15, -0.1) is 0 Å². The maximum Gasteiger partial charge on any atom is 0.0993 e. The second-order valence-electron chi connectivity index (χ2n) is 3.52. The third-order valence-corrected chi connectivity index (χ3v) is 2.70. The van der Waals surface area contributed by atoms with Crippen LogP contribution in [0.1, 0.15) is 25.0 Å². The lowest BCUT2D eigenvalue weighted by atomic mass is 9.67. The van der Waals surface area contributed by atoms with E-state index in [0.29, 0.717) is 5.69 Å². The van der Waals surface area contributed by atoms with Crippen LogP contribution in [0.3, 0.4) is 0 Å². The molecule has 0 radical (unpaired) electrons. The van der Waals surface area contributed by atoms with E-state index in [9.17, 15) is 0 Å². The maximum atomic E-state index is 9.04. The SMILES string of the molecule is N#CC1(c2ccc(N)cn2)CCC1. The summed E-state index contributed by atoms with van der Waals surface area (Å²) >= 11 is 0. The van der Waals surface area contributed by atoms with Gasteiger partial charge in [0, 0.05) is 0 Å². The zero-order valence-corrected chi connectivity index (χ0v) is 7.33. The zero-order chi connectivity index (χ0) is 9.31. The Morgan fingerprint density at radius 1 is 1.46 bits per heavy atom. The van der Waals surface area contributed by atoms with E-state index in [1.54, 1.807) is 12.3 Å². The number of pyridine rings is 1. The third-order valence-electron chi connectivity index (χ3n) is 2.70. The summed E-state index contributed by atoms with van der Waals surface area (Å²) in [7, 11) is 0. The van der Waals surface area contributed by atoms with Gasteiger partial charge in [0.05, 0.1) is 29.1 Å². The molecule has 13 heavy (non-hydrogen) atoms. The number of hydrogen-bond acceptors (Lipinski definition) is 3. The molecule has 66 valence electrons. The van der Waals surface area contributed by atoms with E-state index < -0.39 is 0 Å². The van der Waals surface area contributed by atoms with Gasteiger partial charge in [-0.3, -0.25) is 4.98 Å². The van der Waals surface area contributed by atoms with E-state index in [0.717, 1.165) is 25.0 Å². The standard InChI is InChI=1S/C10H11N3/c11-7-10(4-1-5-10)9-3-2-8(12)6-13-9/h2-3,6H,1,4-5,12H2. The molecule has 3 heteroatoms. The summed E-state index contributed by atoms with van der Waals surface area (Å²) in [4.78, 5) is 4.20. The summed E-state index contributed by atoms with van der Waals surface area (Å²) < 4.78 is 0. The van der Waals surface area contributed by atoms with Gasteiger partial charge in [0.2, 0.25) is 0 Å². The second-order valence-corrected chi connectivity index (χ2v) is 3.52. The van der Waals surface area contributed by atoms with Crippen LogP contribution in [-0.4, -0.2) is 4.98 Å². The molecule has 3 nitrogen and oxygen atoms in total. The van der Waals surface area contributed by atoms with Crippen LogP contribution in [0.15, 0.2) is 18.3 Å². The van der Waals surface area contributed by atoms with Gasteiger partial charge >= 0.3 is 0 Å². The Bertz CT molecular complexity index is 343. The van der Waals surface area contributed by atoms with E-state index in [4.69, 9.17) is 11.0 Å². The van der Waals surface area contributed by atoms with E-state index in [-0.39, 0.29) is 5.41 Å². The van der Waals surface area contributed by atoms with Crippen molar-refractivity contribution in [2.45, 2.75) is 24.7 Å². The predicted molar refractivity (Wildman–Crippen MR) is 49.8 cm³/mol. The molecule has 0 aliphatic heterocycles. The second kappa shape index (κ2) is 2.74. The van der Waals surface area contributed by atoms with Crippen LogP contribution in [0.25, 0.3) is 0 Å². The van der Waals surface area contributed by atoms with Crippen molar-refractivity contribution in [1.82, 2.24) is 4.98 Å². The maximum absolute atomic E-state index is 9.04. The van der Waals surface area contributed by atoms with Crippen LogP contribution in [0.2, 0.25) is 0 Å². The van der Waals surface area contributed by atoms with Gasteiger partial charge in [0.25, 0.3) is 0 Å². The van der Waals surface area contributed by atoms with Crippen molar-refractivity contribution in [3.63, 3.8) is 0 Å². The average Bonchev–Trinajstić information content (AvgIpc) is 2.07. The summed E-state index contributed by atoms with van der Waals surface area (Å²) in [5.74, 6) is 0. The van der Waals surface area contributed by atoms with E-state index in [1.807, 2.05) is 6.07 Å². The lowest BCUT2D eigenvalue weighted by Gasteiger charge is -2.34. The largest absolute Gasteiger partial charge is 0.397 e. The highest BCUT2D eigenvalue weighted by Gasteiger charge is 2.40. The zero-order valence-electron chi connectivity index (χ0n) is 7.33. The van der Waals surface area contributed by atoms with Crippen molar-refractivity contribution >= 4 is 5.69 Å². The molecule has 1 aromatic heterocycles. The molecule has 0 amide bonds. The van der Waals surface area contributed by atoms with Gasteiger partial charge in [0.15, 0.2) is 0 Å². The minimum absolute atomic E-state index is 0.312. The number of nitriles is 1. The van der Waals surface area contributed by atoms with E-state index in [2.05, 4.69) is 11.1 Å². The monoisotopic (exact) mass is 173 g/mol. The quantitative estimate of drug-likeness (QED) is 0.701. The first-order valence-electron chi connectivity index (χ1n) is 4.40. The molecule has 0 aromatic carbocycles. The van der Waals surface area contributed by atoms with Gasteiger partial charge in [0.1, 0.15) is 0 Å². The van der Waals surface area contributed by atoms with Crippen LogP contribution in [0.5, 0.6) is 0 Å². The average molecular weight is 173 g/mol.